The molecule has 0 aromatic carbocycles. The molecule has 0 heterocycles. The van der Waals surface area contributed by atoms with Crippen LogP contribution in [0.2, 0.25) is 0 Å². The fourth-order valence-electron chi connectivity index (χ4n) is 2.24. The second-order valence-electron chi connectivity index (χ2n) is 4.58. The van der Waals surface area contributed by atoms with Gasteiger partial charge in [0.05, 0.1) is 18.8 Å². The van der Waals surface area contributed by atoms with Gasteiger partial charge in [-0.1, -0.05) is 5.11 Å². The van der Waals surface area contributed by atoms with Crippen molar-refractivity contribution in [3.63, 3.8) is 0 Å². The van der Waals surface area contributed by atoms with Gasteiger partial charge in [0.1, 0.15) is 5.92 Å². The highest BCUT2D eigenvalue weighted by Crippen LogP contribution is 2.35. The lowest BCUT2D eigenvalue weighted by molar-refractivity contribution is -0.151. The van der Waals surface area contributed by atoms with Gasteiger partial charge >= 0.3 is 5.97 Å². The van der Waals surface area contributed by atoms with Crippen LogP contribution in [0.1, 0.15) is 26.7 Å². The summed E-state index contributed by atoms with van der Waals surface area (Å²) >= 11 is 0. The van der Waals surface area contributed by atoms with Gasteiger partial charge in [-0.25, -0.2) is 0 Å². The first-order valence-corrected chi connectivity index (χ1v) is 5.87. The lowest BCUT2D eigenvalue weighted by atomic mass is 9.86. The number of azide groups is 1. The summed E-state index contributed by atoms with van der Waals surface area (Å²) in [5.41, 5.74) is 6.82. The lowest BCUT2D eigenvalue weighted by Gasteiger charge is -2.27. The molecule has 0 amide bonds. The zero-order chi connectivity index (χ0) is 13.8. The van der Waals surface area contributed by atoms with Gasteiger partial charge in [0.15, 0.2) is 5.78 Å². The van der Waals surface area contributed by atoms with Gasteiger partial charge in [-0.15, -0.1) is 0 Å². The third kappa shape index (κ3) is 3.00. The minimum atomic E-state index is -1.41. The molecule has 0 spiro atoms. The van der Waals surface area contributed by atoms with Gasteiger partial charge in [0, 0.05) is 10.8 Å². The van der Waals surface area contributed by atoms with E-state index in [2.05, 4.69) is 10.0 Å². The first-order valence-electron chi connectivity index (χ1n) is 5.87. The van der Waals surface area contributed by atoms with E-state index in [0.29, 0.717) is 12.8 Å². The molecule has 1 aliphatic rings. The molecule has 0 aromatic heterocycles. The predicted molar refractivity (Wildman–Crippen MR) is 62.5 cm³/mol. The SMILES string of the molecule is CCOC(=O)C1CCC(C(C)(O)CN=[N+]=[N-])C1=O. The number of aliphatic hydroxyl groups is 1. The first kappa shape index (κ1) is 14.5. The van der Waals surface area contributed by atoms with Crippen molar-refractivity contribution in [2.75, 3.05) is 13.2 Å². The van der Waals surface area contributed by atoms with Gasteiger partial charge in [-0.05, 0) is 32.2 Å². The minimum absolute atomic E-state index is 0.185. The molecule has 1 fully saturated rings. The van der Waals surface area contributed by atoms with Crippen molar-refractivity contribution in [2.24, 2.45) is 17.0 Å². The molecule has 7 nitrogen and oxygen atoms in total. The van der Waals surface area contributed by atoms with E-state index >= 15 is 0 Å². The van der Waals surface area contributed by atoms with E-state index in [4.69, 9.17) is 10.3 Å². The van der Waals surface area contributed by atoms with Crippen molar-refractivity contribution in [1.29, 1.82) is 0 Å². The fraction of sp³-hybridized carbons (Fsp3) is 0.818. The largest absolute Gasteiger partial charge is 0.465 e. The Morgan fingerprint density at radius 2 is 2.33 bits per heavy atom. The van der Waals surface area contributed by atoms with E-state index in [1.807, 2.05) is 0 Å². The maximum Gasteiger partial charge on any atom is 0.316 e. The Balaban J connectivity index is 2.75. The number of ether oxygens (including phenoxy) is 1. The van der Waals surface area contributed by atoms with E-state index < -0.39 is 23.4 Å². The maximum atomic E-state index is 12.0. The molecule has 3 atom stereocenters. The van der Waals surface area contributed by atoms with Crippen LogP contribution < -0.4 is 0 Å². The summed E-state index contributed by atoms with van der Waals surface area (Å²) < 4.78 is 4.81. The molecule has 0 aromatic rings. The van der Waals surface area contributed by atoms with Crippen LogP contribution in [0.25, 0.3) is 10.4 Å². The van der Waals surface area contributed by atoms with E-state index in [0.717, 1.165) is 0 Å². The fourth-order valence-corrected chi connectivity index (χ4v) is 2.24. The summed E-state index contributed by atoms with van der Waals surface area (Å²) in [5, 5.41) is 13.4. The number of esters is 1. The minimum Gasteiger partial charge on any atom is -0.465 e. The Bertz CT molecular complexity index is 388. The number of Topliss-reactive ketones (excluding diaryl/α,β-unsaturated/α-hetero) is 1. The van der Waals surface area contributed by atoms with Gasteiger partial charge in [0.2, 0.25) is 0 Å². The van der Waals surface area contributed by atoms with Crippen LogP contribution in [0.3, 0.4) is 0 Å². The van der Waals surface area contributed by atoms with Crippen LogP contribution in [0, 0.1) is 11.8 Å². The monoisotopic (exact) mass is 255 g/mol. The molecule has 1 aliphatic carbocycles. The van der Waals surface area contributed by atoms with Crippen LogP contribution in [0.4, 0.5) is 0 Å². The van der Waals surface area contributed by atoms with Gasteiger partial charge in [-0.2, -0.15) is 0 Å². The molecular weight excluding hydrogens is 238 g/mol. The van der Waals surface area contributed by atoms with Crippen molar-refractivity contribution in [1.82, 2.24) is 0 Å². The highest BCUT2D eigenvalue weighted by atomic mass is 16.5. The molecule has 1 rings (SSSR count). The van der Waals surface area contributed by atoms with Crippen molar-refractivity contribution in [3.05, 3.63) is 10.4 Å². The van der Waals surface area contributed by atoms with E-state index in [1.165, 1.54) is 6.92 Å². The molecule has 7 heteroatoms. The van der Waals surface area contributed by atoms with Gasteiger partial charge in [-0.3, -0.25) is 9.59 Å². The molecule has 0 radical (unpaired) electrons. The zero-order valence-corrected chi connectivity index (χ0v) is 10.5. The van der Waals surface area contributed by atoms with Crippen LogP contribution in [-0.4, -0.2) is 35.6 Å². The Morgan fingerprint density at radius 1 is 1.67 bits per heavy atom. The Hall–Kier alpha value is -1.59. The van der Waals surface area contributed by atoms with Crippen LogP contribution in [0.15, 0.2) is 5.11 Å². The topological polar surface area (TPSA) is 112 Å². The first-order chi connectivity index (χ1) is 8.44. The number of carbonyl (C=O) groups excluding carboxylic acids is 2. The summed E-state index contributed by atoms with van der Waals surface area (Å²) in [4.78, 5) is 26.1. The smallest absolute Gasteiger partial charge is 0.316 e. The Morgan fingerprint density at radius 3 is 2.89 bits per heavy atom. The molecule has 3 unspecified atom stereocenters. The molecule has 1 N–H and O–H groups in total. The van der Waals surface area contributed by atoms with Crippen molar-refractivity contribution in [3.8, 4) is 0 Å². The van der Waals surface area contributed by atoms with E-state index in [1.54, 1.807) is 6.92 Å². The Labute approximate surface area is 105 Å². The van der Waals surface area contributed by atoms with Gasteiger partial charge in [0.25, 0.3) is 0 Å². The van der Waals surface area contributed by atoms with Gasteiger partial charge < -0.3 is 9.84 Å². The zero-order valence-electron chi connectivity index (χ0n) is 10.5. The summed E-state index contributed by atoms with van der Waals surface area (Å²) in [6, 6.07) is 0. The van der Waals surface area contributed by atoms with E-state index in [9.17, 15) is 14.7 Å². The quantitative estimate of drug-likeness (QED) is 0.261. The molecule has 0 saturated heterocycles. The van der Waals surface area contributed by atoms with E-state index in [-0.39, 0.29) is 18.9 Å². The third-order valence-electron chi connectivity index (χ3n) is 3.21. The number of rotatable bonds is 5. The highest BCUT2D eigenvalue weighted by Gasteiger charge is 2.47. The van der Waals surface area contributed by atoms with Crippen LogP contribution in [0.5, 0.6) is 0 Å². The second kappa shape index (κ2) is 5.84. The third-order valence-corrected chi connectivity index (χ3v) is 3.21. The van der Waals surface area contributed by atoms with Crippen molar-refractivity contribution >= 4 is 11.8 Å². The normalized spacial score (nSPS) is 26.3. The summed E-state index contributed by atoms with van der Waals surface area (Å²) in [6.07, 6.45) is 0.769. The number of hydrogen-bond acceptors (Lipinski definition) is 5. The maximum absolute atomic E-state index is 12.0. The number of ketones is 1. The average molecular weight is 255 g/mol. The van der Waals surface area contributed by atoms with Crippen molar-refractivity contribution in [2.45, 2.75) is 32.3 Å². The highest BCUT2D eigenvalue weighted by molar-refractivity contribution is 6.02. The van der Waals surface area contributed by atoms with Crippen LogP contribution >= 0.6 is 0 Å². The lowest BCUT2D eigenvalue weighted by Crippen LogP contribution is -2.41. The summed E-state index contributed by atoms with van der Waals surface area (Å²) in [7, 11) is 0. The Kier molecular flexibility index (Phi) is 4.69. The van der Waals surface area contributed by atoms with Crippen molar-refractivity contribution < 1.29 is 19.4 Å². The molecular formula is C11H17N3O4. The molecule has 18 heavy (non-hydrogen) atoms. The predicted octanol–water partition coefficient (Wildman–Crippen LogP) is 1.21. The van der Waals surface area contributed by atoms with Crippen LogP contribution in [-0.2, 0) is 14.3 Å². The summed E-state index contributed by atoms with van der Waals surface area (Å²) in [6.45, 7) is 3.15. The standard InChI is InChI=1S/C11H17N3O4/c1-3-18-10(16)7-4-5-8(9(7)15)11(2,17)6-13-14-12/h7-8,17H,3-6H2,1-2H3. The molecule has 0 bridgehead atoms. The molecule has 0 aliphatic heterocycles. The number of carbonyl (C=O) groups is 2. The second-order valence-corrected chi connectivity index (χ2v) is 4.58. The molecule has 100 valence electrons. The number of nitrogens with zero attached hydrogens (tertiary/aromatic N) is 3. The molecule has 1 saturated carbocycles. The number of hydrogen-bond donors (Lipinski definition) is 1. The average Bonchev–Trinajstić information content (AvgIpc) is 2.69. The summed E-state index contributed by atoms with van der Waals surface area (Å²) in [5.74, 6) is -2.35.